The lowest BCUT2D eigenvalue weighted by molar-refractivity contribution is 0.0892. The molecule has 1 aliphatic carbocycles. The molecule has 2 aromatic rings. The number of aromatic nitrogens is 1. The van der Waals surface area contributed by atoms with Crippen molar-refractivity contribution >= 4 is 22.5 Å². The number of carbonyl (C=O) groups excluding carboxylic acids is 1. The molecule has 0 bridgehead atoms. The predicted molar refractivity (Wildman–Crippen MR) is 83.8 cm³/mol. The van der Waals surface area contributed by atoms with Gasteiger partial charge in [-0.15, -0.1) is 0 Å². The third-order valence-electron chi connectivity index (χ3n) is 4.41. The van der Waals surface area contributed by atoms with Crippen molar-refractivity contribution in [3.05, 3.63) is 36.0 Å². The van der Waals surface area contributed by atoms with Crippen molar-refractivity contribution in [1.82, 2.24) is 10.3 Å². The molecule has 1 heterocycles. The van der Waals surface area contributed by atoms with E-state index in [4.69, 9.17) is 5.84 Å². The van der Waals surface area contributed by atoms with Gasteiger partial charge in [0.25, 0.3) is 5.91 Å². The molecule has 21 heavy (non-hydrogen) atoms. The molecule has 5 nitrogen and oxygen atoms in total. The van der Waals surface area contributed by atoms with E-state index < -0.39 is 0 Å². The molecule has 0 atom stereocenters. The lowest BCUT2D eigenvalue weighted by Crippen LogP contribution is -2.40. The largest absolute Gasteiger partial charge is 0.351 e. The summed E-state index contributed by atoms with van der Waals surface area (Å²) in [6.07, 6.45) is 5.20. The minimum Gasteiger partial charge on any atom is -0.351 e. The van der Waals surface area contributed by atoms with E-state index in [9.17, 15) is 4.79 Å². The van der Waals surface area contributed by atoms with Gasteiger partial charge in [0.05, 0.1) is 5.56 Å². The molecule has 1 aliphatic rings. The van der Waals surface area contributed by atoms with E-state index >= 15 is 0 Å². The molecule has 110 valence electrons. The van der Waals surface area contributed by atoms with Gasteiger partial charge in [-0.3, -0.25) is 4.79 Å². The first-order valence-electron chi connectivity index (χ1n) is 7.25. The topological polar surface area (TPSA) is 80.0 Å². The first-order chi connectivity index (χ1) is 10.1. The number of fused-ring (bicyclic) bond motifs is 1. The number of nitrogens with two attached hydrogens (primary N) is 1. The number of hydrogen-bond acceptors (Lipinski definition) is 4. The summed E-state index contributed by atoms with van der Waals surface area (Å²) >= 11 is 0. The Hall–Kier alpha value is -2.14. The van der Waals surface area contributed by atoms with Gasteiger partial charge in [-0.2, -0.15) is 0 Å². The van der Waals surface area contributed by atoms with Crippen LogP contribution in [0.5, 0.6) is 0 Å². The number of pyridine rings is 1. The summed E-state index contributed by atoms with van der Waals surface area (Å²) in [5, 5.41) is 4.75. The molecular formula is C16H20N4O. The van der Waals surface area contributed by atoms with Gasteiger partial charge < -0.3 is 10.7 Å². The lowest BCUT2D eigenvalue weighted by atomic mass is 9.70. The van der Waals surface area contributed by atoms with E-state index in [-0.39, 0.29) is 11.3 Å². The number of hydrazine groups is 1. The fraction of sp³-hybridized carbons (Fsp3) is 0.375. The van der Waals surface area contributed by atoms with E-state index in [1.165, 1.54) is 19.3 Å². The Morgan fingerprint density at radius 1 is 1.33 bits per heavy atom. The Morgan fingerprint density at radius 2 is 2.05 bits per heavy atom. The van der Waals surface area contributed by atoms with Crippen molar-refractivity contribution in [2.24, 2.45) is 11.3 Å². The summed E-state index contributed by atoms with van der Waals surface area (Å²) in [5.41, 5.74) is 3.42. The summed E-state index contributed by atoms with van der Waals surface area (Å²) in [6.45, 7) is 2.94. The smallest absolute Gasteiger partial charge is 0.253 e. The molecule has 5 heteroatoms. The van der Waals surface area contributed by atoms with Gasteiger partial charge in [-0.25, -0.2) is 10.8 Å². The summed E-state index contributed by atoms with van der Waals surface area (Å²) < 4.78 is 0. The second-order valence-electron chi connectivity index (χ2n) is 6.06. The maximum atomic E-state index is 12.4. The van der Waals surface area contributed by atoms with Crippen LogP contribution in [0.1, 0.15) is 36.5 Å². The highest BCUT2D eigenvalue weighted by molar-refractivity contribution is 6.09. The fourth-order valence-electron chi connectivity index (χ4n) is 2.83. The van der Waals surface area contributed by atoms with Gasteiger partial charge in [0.1, 0.15) is 5.82 Å². The van der Waals surface area contributed by atoms with E-state index in [2.05, 4.69) is 22.7 Å². The molecule has 0 saturated heterocycles. The Balaban J connectivity index is 1.87. The number of nitrogens with one attached hydrogen (secondary N) is 2. The van der Waals surface area contributed by atoms with Gasteiger partial charge in [0.15, 0.2) is 0 Å². The highest BCUT2D eigenvalue weighted by atomic mass is 16.1. The zero-order valence-electron chi connectivity index (χ0n) is 12.1. The van der Waals surface area contributed by atoms with Crippen LogP contribution in [-0.2, 0) is 0 Å². The van der Waals surface area contributed by atoms with Gasteiger partial charge in [-0.1, -0.05) is 37.6 Å². The normalized spacial score (nSPS) is 16.3. The minimum absolute atomic E-state index is 0.0737. The molecule has 0 spiro atoms. The average Bonchev–Trinajstić information content (AvgIpc) is 2.49. The predicted octanol–water partition coefficient (Wildman–Crippen LogP) is 2.44. The van der Waals surface area contributed by atoms with Crippen molar-refractivity contribution in [2.45, 2.75) is 26.2 Å². The number of nitrogen functional groups attached to an aromatic ring is 1. The molecule has 1 saturated carbocycles. The molecular weight excluding hydrogens is 264 g/mol. The second-order valence-corrected chi connectivity index (χ2v) is 6.06. The van der Waals surface area contributed by atoms with Crippen LogP contribution in [0, 0.1) is 5.41 Å². The average molecular weight is 284 g/mol. The third kappa shape index (κ3) is 2.56. The quantitative estimate of drug-likeness (QED) is 0.595. The number of hydrogen-bond donors (Lipinski definition) is 3. The van der Waals surface area contributed by atoms with Gasteiger partial charge >= 0.3 is 0 Å². The fourth-order valence-corrected chi connectivity index (χ4v) is 2.83. The maximum absolute atomic E-state index is 12.4. The van der Waals surface area contributed by atoms with Crippen molar-refractivity contribution < 1.29 is 4.79 Å². The Labute approximate surface area is 123 Å². The van der Waals surface area contributed by atoms with Gasteiger partial charge in [-0.05, 0) is 23.6 Å². The van der Waals surface area contributed by atoms with Crippen LogP contribution in [0.25, 0.3) is 10.8 Å². The highest BCUT2D eigenvalue weighted by Crippen LogP contribution is 2.39. The molecule has 3 rings (SSSR count). The first-order valence-corrected chi connectivity index (χ1v) is 7.25. The zero-order valence-corrected chi connectivity index (χ0v) is 12.1. The lowest BCUT2D eigenvalue weighted by Gasteiger charge is -2.38. The van der Waals surface area contributed by atoms with Crippen molar-refractivity contribution in [3.8, 4) is 0 Å². The van der Waals surface area contributed by atoms with Crippen LogP contribution in [0.4, 0.5) is 5.82 Å². The highest BCUT2D eigenvalue weighted by Gasteiger charge is 2.32. The Morgan fingerprint density at radius 3 is 2.67 bits per heavy atom. The summed E-state index contributed by atoms with van der Waals surface area (Å²) in [5.74, 6) is 5.97. The minimum atomic E-state index is -0.0737. The summed E-state index contributed by atoms with van der Waals surface area (Å²) in [7, 11) is 0. The molecule has 0 aliphatic heterocycles. The Bertz CT molecular complexity index is 679. The molecule has 1 amide bonds. The van der Waals surface area contributed by atoms with Crippen LogP contribution in [0.3, 0.4) is 0 Å². The molecule has 1 aromatic heterocycles. The maximum Gasteiger partial charge on any atom is 0.253 e. The number of amides is 1. The molecule has 4 N–H and O–H groups in total. The summed E-state index contributed by atoms with van der Waals surface area (Å²) in [6, 6.07) is 7.63. The van der Waals surface area contributed by atoms with Crippen molar-refractivity contribution in [2.75, 3.05) is 12.0 Å². The SMILES string of the molecule is CC1(CNC(=O)c2cnc(NN)c3ccccc23)CCC1. The van der Waals surface area contributed by atoms with E-state index in [0.717, 1.165) is 17.3 Å². The summed E-state index contributed by atoms with van der Waals surface area (Å²) in [4.78, 5) is 16.7. The van der Waals surface area contributed by atoms with Crippen LogP contribution in [0.2, 0.25) is 0 Å². The van der Waals surface area contributed by atoms with Gasteiger partial charge in [0, 0.05) is 18.1 Å². The number of benzene rings is 1. The van der Waals surface area contributed by atoms with E-state index in [0.29, 0.717) is 11.4 Å². The Kier molecular flexibility index (Phi) is 3.51. The van der Waals surface area contributed by atoms with Crippen molar-refractivity contribution in [1.29, 1.82) is 0 Å². The third-order valence-corrected chi connectivity index (χ3v) is 4.41. The van der Waals surface area contributed by atoms with Crippen LogP contribution in [-0.4, -0.2) is 17.4 Å². The van der Waals surface area contributed by atoms with Crippen LogP contribution in [0.15, 0.2) is 30.5 Å². The number of rotatable bonds is 4. The first kappa shape index (κ1) is 13.8. The van der Waals surface area contributed by atoms with E-state index in [1.54, 1.807) is 6.20 Å². The molecule has 0 radical (unpaired) electrons. The number of carbonyl (C=O) groups is 1. The van der Waals surface area contributed by atoms with Gasteiger partial charge in [0.2, 0.25) is 0 Å². The molecule has 1 aromatic carbocycles. The molecule has 1 fully saturated rings. The van der Waals surface area contributed by atoms with Crippen molar-refractivity contribution in [3.63, 3.8) is 0 Å². The monoisotopic (exact) mass is 284 g/mol. The number of anilines is 1. The van der Waals surface area contributed by atoms with Crippen LogP contribution >= 0.6 is 0 Å². The standard InChI is InChI=1S/C16H20N4O/c1-16(7-4-8-16)10-19-15(21)13-9-18-14(20-17)12-6-3-2-5-11(12)13/h2-3,5-6,9H,4,7-8,10,17H2,1H3,(H,18,20)(H,19,21). The number of nitrogens with zero attached hydrogens (tertiary/aromatic N) is 1. The zero-order chi connectivity index (χ0) is 14.9. The van der Waals surface area contributed by atoms with E-state index in [1.807, 2.05) is 24.3 Å². The second kappa shape index (κ2) is 5.33. The van der Waals surface area contributed by atoms with Crippen LogP contribution < -0.4 is 16.6 Å². The molecule has 0 unspecified atom stereocenters.